The molecule has 0 amide bonds. The lowest BCUT2D eigenvalue weighted by atomic mass is 10.2. The molecule has 0 radical (unpaired) electrons. The molecule has 0 atom stereocenters. The largest absolute Gasteiger partial charge is 0.490 e. The van der Waals surface area contributed by atoms with Crippen molar-refractivity contribution >= 4 is 21.6 Å². The average molecular weight is 330 g/mol. The summed E-state index contributed by atoms with van der Waals surface area (Å²) in [6, 6.07) is 5.95. The number of hydrogen-bond donors (Lipinski definition) is 0. The van der Waals surface area contributed by atoms with E-state index in [9.17, 15) is 4.39 Å². The summed E-state index contributed by atoms with van der Waals surface area (Å²) < 4.78 is 24.2. The average Bonchev–Trinajstić information content (AvgIpc) is 3.14. The van der Waals surface area contributed by atoms with Crippen molar-refractivity contribution in [2.45, 2.75) is 19.3 Å². The third-order valence-corrected chi connectivity index (χ3v) is 5.07. The summed E-state index contributed by atoms with van der Waals surface area (Å²) in [6.07, 6.45) is 4.94. The molecule has 1 aliphatic carbocycles. The van der Waals surface area contributed by atoms with Crippen molar-refractivity contribution < 1.29 is 13.9 Å². The zero-order chi connectivity index (χ0) is 15.6. The first kappa shape index (κ1) is 14.4. The van der Waals surface area contributed by atoms with Crippen LogP contribution < -0.4 is 9.47 Å². The number of rotatable bonds is 5. The van der Waals surface area contributed by atoms with Crippen molar-refractivity contribution in [2.75, 3.05) is 13.2 Å². The van der Waals surface area contributed by atoms with Crippen LogP contribution in [0.4, 0.5) is 4.39 Å². The molecule has 0 bridgehead atoms. The number of aromatic nitrogens is 2. The summed E-state index contributed by atoms with van der Waals surface area (Å²) in [7, 11) is 0. The zero-order valence-corrected chi connectivity index (χ0v) is 13.2. The predicted octanol–water partition coefficient (Wildman–Crippen LogP) is 3.78. The van der Waals surface area contributed by atoms with Gasteiger partial charge in [-0.15, -0.1) is 11.3 Å². The van der Waals surface area contributed by atoms with Crippen molar-refractivity contribution in [2.24, 2.45) is 0 Å². The Bertz CT molecular complexity index is 832. The number of hydrogen-bond acceptors (Lipinski definition) is 5. The van der Waals surface area contributed by atoms with Crippen molar-refractivity contribution in [1.82, 2.24) is 9.97 Å². The summed E-state index contributed by atoms with van der Waals surface area (Å²) in [5, 5.41) is 1.06. The van der Waals surface area contributed by atoms with E-state index >= 15 is 0 Å². The van der Waals surface area contributed by atoms with E-state index in [2.05, 4.69) is 9.97 Å². The van der Waals surface area contributed by atoms with Crippen LogP contribution >= 0.6 is 11.3 Å². The minimum absolute atomic E-state index is 0.275. The normalized spacial score (nSPS) is 13.3. The molecular formula is C17H15FN2O2S. The molecule has 6 heteroatoms. The van der Waals surface area contributed by atoms with Gasteiger partial charge in [0, 0.05) is 4.88 Å². The van der Waals surface area contributed by atoms with E-state index in [0.29, 0.717) is 24.8 Å². The Hall–Kier alpha value is -2.21. The molecule has 2 heterocycles. The first-order chi connectivity index (χ1) is 11.3. The summed E-state index contributed by atoms with van der Waals surface area (Å²) >= 11 is 1.74. The Balaban J connectivity index is 1.43. The number of benzene rings is 1. The molecule has 0 N–H and O–H groups in total. The van der Waals surface area contributed by atoms with Gasteiger partial charge in [-0.25, -0.2) is 14.4 Å². The van der Waals surface area contributed by atoms with Gasteiger partial charge in [-0.05, 0) is 49.1 Å². The number of nitrogens with zero attached hydrogens (tertiary/aromatic N) is 2. The van der Waals surface area contributed by atoms with Gasteiger partial charge in [0.05, 0.1) is 5.39 Å². The zero-order valence-electron chi connectivity index (χ0n) is 12.4. The lowest BCUT2D eigenvalue weighted by molar-refractivity contribution is 0.213. The van der Waals surface area contributed by atoms with Crippen LogP contribution in [0.15, 0.2) is 30.6 Å². The van der Waals surface area contributed by atoms with E-state index in [1.807, 2.05) is 0 Å². The Morgan fingerprint density at radius 3 is 2.74 bits per heavy atom. The van der Waals surface area contributed by atoms with E-state index in [1.165, 1.54) is 29.0 Å². The van der Waals surface area contributed by atoms with Gasteiger partial charge in [0.25, 0.3) is 0 Å². The van der Waals surface area contributed by atoms with Crippen LogP contribution in [-0.4, -0.2) is 23.2 Å². The Morgan fingerprint density at radius 2 is 1.87 bits per heavy atom. The van der Waals surface area contributed by atoms with E-state index < -0.39 is 0 Å². The molecule has 4 nitrogen and oxygen atoms in total. The second kappa shape index (κ2) is 6.12. The minimum Gasteiger partial charge on any atom is -0.490 e. The molecule has 1 aromatic carbocycles. The van der Waals surface area contributed by atoms with E-state index in [-0.39, 0.29) is 5.82 Å². The molecule has 3 aromatic rings. The fourth-order valence-electron chi connectivity index (χ4n) is 2.84. The van der Waals surface area contributed by atoms with Gasteiger partial charge in [-0.2, -0.15) is 0 Å². The Kier molecular flexibility index (Phi) is 3.83. The second-order valence-electron chi connectivity index (χ2n) is 5.37. The summed E-state index contributed by atoms with van der Waals surface area (Å²) in [5.74, 6) is 0.986. The van der Waals surface area contributed by atoms with Gasteiger partial charge >= 0.3 is 0 Å². The minimum atomic E-state index is -0.275. The highest BCUT2D eigenvalue weighted by Crippen LogP contribution is 2.39. The molecule has 0 saturated heterocycles. The molecule has 4 rings (SSSR count). The number of halogens is 1. The molecule has 2 aromatic heterocycles. The summed E-state index contributed by atoms with van der Waals surface area (Å²) in [5.41, 5.74) is 1.35. The van der Waals surface area contributed by atoms with Gasteiger partial charge in [-0.3, -0.25) is 0 Å². The van der Waals surface area contributed by atoms with Crippen molar-refractivity contribution in [3.8, 4) is 11.6 Å². The van der Waals surface area contributed by atoms with Crippen LogP contribution in [-0.2, 0) is 12.8 Å². The second-order valence-corrected chi connectivity index (χ2v) is 6.45. The predicted molar refractivity (Wildman–Crippen MR) is 86.8 cm³/mol. The van der Waals surface area contributed by atoms with Crippen LogP contribution in [0.3, 0.4) is 0 Å². The van der Waals surface area contributed by atoms with Crippen LogP contribution in [0.1, 0.15) is 16.9 Å². The van der Waals surface area contributed by atoms with Crippen molar-refractivity contribution in [1.29, 1.82) is 0 Å². The van der Waals surface area contributed by atoms with E-state index in [4.69, 9.17) is 9.47 Å². The van der Waals surface area contributed by atoms with Crippen LogP contribution in [0.2, 0.25) is 0 Å². The lowest BCUT2D eigenvalue weighted by Crippen LogP contribution is -2.10. The first-order valence-electron chi connectivity index (χ1n) is 7.57. The smallest absolute Gasteiger partial charge is 0.225 e. The van der Waals surface area contributed by atoms with Crippen molar-refractivity contribution in [3.63, 3.8) is 0 Å². The Labute approximate surface area is 136 Å². The number of fused-ring (bicyclic) bond motifs is 3. The summed E-state index contributed by atoms with van der Waals surface area (Å²) in [6.45, 7) is 0.761. The lowest BCUT2D eigenvalue weighted by Gasteiger charge is -2.09. The van der Waals surface area contributed by atoms with Gasteiger partial charge < -0.3 is 9.47 Å². The third-order valence-electron chi connectivity index (χ3n) is 3.87. The first-order valence-corrected chi connectivity index (χ1v) is 8.39. The molecule has 118 valence electrons. The number of thiophene rings is 1. The highest BCUT2D eigenvalue weighted by Gasteiger charge is 2.21. The monoisotopic (exact) mass is 330 g/mol. The summed E-state index contributed by atoms with van der Waals surface area (Å²) in [4.78, 5) is 11.0. The maximum atomic E-state index is 12.8. The highest BCUT2D eigenvalue weighted by molar-refractivity contribution is 7.18. The molecular weight excluding hydrogens is 315 g/mol. The molecule has 0 saturated carbocycles. The fraction of sp³-hybridized carbons (Fsp3) is 0.294. The number of aryl methyl sites for hydroxylation is 2. The van der Waals surface area contributed by atoms with Crippen LogP contribution in [0, 0.1) is 5.82 Å². The number of ether oxygens (including phenoxy) is 2. The van der Waals surface area contributed by atoms with Crippen LogP contribution in [0.25, 0.3) is 10.2 Å². The van der Waals surface area contributed by atoms with Gasteiger partial charge in [0.15, 0.2) is 0 Å². The van der Waals surface area contributed by atoms with Gasteiger partial charge in [-0.1, -0.05) is 0 Å². The molecule has 0 spiro atoms. The fourth-order valence-corrected chi connectivity index (χ4v) is 4.06. The van der Waals surface area contributed by atoms with Crippen LogP contribution in [0.5, 0.6) is 11.6 Å². The maximum absolute atomic E-state index is 12.8. The van der Waals surface area contributed by atoms with E-state index in [0.717, 1.165) is 23.1 Å². The molecule has 0 fully saturated rings. The Morgan fingerprint density at radius 1 is 1.04 bits per heavy atom. The third kappa shape index (κ3) is 2.86. The topological polar surface area (TPSA) is 44.2 Å². The maximum Gasteiger partial charge on any atom is 0.225 e. The van der Waals surface area contributed by atoms with Gasteiger partial charge in [0.1, 0.15) is 35.9 Å². The highest BCUT2D eigenvalue weighted by atomic mass is 32.1. The molecule has 1 aliphatic rings. The molecule has 0 aliphatic heterocycles. The van der Waals surface area contributed by atoms with E-state index in [1.54, 1.807) is 29.8 Å². The molecule has 23 heavy (non-hydrogen) atoms. The SMILES string of the molecule is Fc1ccc(OCCOc2ncnc3sc4c(c23)CCC4)cc1. The molecule has 0 unspecified atom stereocenters. The standard InChI is InChI=1S/C17H15FN2O2S/c18-11-4-6-12(7-5-11)21-8-9-22-16-15-13-2-1-3-14(13)23-17(15)20-10-19-16/h4-7,10H,1-3,8-9H2. The van der Waals surface area contributed by atoms with Crippen molar-refractivity contribution in [3.05, 3.63) is 46.9 Å². The van der Waals surface area contributed by atoms with Gasteiger partial charge in [0.2, 0.25) is 5.88 Å². The quantitative estimate of drug-likeness (QED) is 0.668.